The van der Waals surface area contributed by atoms with Crippen molar-refractivity contribution in [2.24, 2.45) is 0 Å². The molecule has 3 nitrogen and oxygen atoms in total. The highest BCUT2D eigenvalue weighted by Gasteiger charge is 2.30. The van der Waals surface area contributed by atoms with Crippen molar-refractivity contribution < 1.29 is 5.11 Å². The molecule has 0 saturated carbocycles. The highest BCUT2D eigenvalue weighted by Crippen LogP contribution is 2.29. The lowest BCUT2D eigenvalue weighted by Gasteiger charge is -2.44. The van der Waals surface area contributed by atoms with E-state index in [4.69, 9.17) is 0 Å². The van der Waals surface area contributed by atoms with Crippen molar-refractivity contribution in [2.45, 2.75) is 46.4 Å². The summed E-state index contributed by atoms with van der Waals surface area (Å²) < 4.78 is 0. The normalized spacial score (nSPS) is 24.0. The van der Waals surface area contributed by atoms with Gasteiger partial charge in [-0.2, -0.15) is 0 Å². The van der Waals surface area contributed by atoms with E-state index in [1.807, 2.05) is 13.8 Å². The topological polar surface area (TPSA) is 35.5 Å². The maximum absolute atomic E-state index is 9.65. The van der Waals surface area contributed by atoms with E-state index in [-0.39, 0.29) is 5.54 Å². The summed E-state index contributed by atoms with van der Waals surface area (Å²) in [4.78, 5) is 2.11. The predicted molar refractivity (Wildman–Crippen MR) is 58.2 cm³/mol. The number of aliphatic hydroxyl groups excluding tert-OH is 1. The third-order valence-electron chi connectivity index (χ3n) is 2.56. The van der Waals surface area contributed by atoms with Gasteiger partial charge in [0, 0.05) is 11.2 Å². The first-order valence-corrected chi connectivity index (χ1v) is 4.86. The first-order chi connectivity index (χ1) is 6.25. The molecule has 1 rings (SSSR count). The van der Waals surface area contributed by atoms with E-state index in [0.29, 0.717) is 0 Å². The van der Waals surface area contributed by atoms with Crippen molar-refractivity contribution in [1.82, 2.24) is 10.2 Å². The second-order valence-corrected chi connectivity index (χ2v) is 4.77. The molecule has 0 aliphatic carbocycles. The van der Waals surface area contributed by atoms with Crippen LogP contribution >= 0.6 is 0 Å². The van der Waals surface area contributed by atoms with Gasteiger partial charge in [-0.15, -0.1) is 0 Å². The Kier molecular flexibility index (Phi) is 2.63. The van der Waals surface area contributed by atoms with Gasteiger partial charge in [0.2, 0.25) is 0 Å². The van der Waals surface area contributed by atoms with Crippen LogP contribution in [-0.4, -0.2) is 21.8 Å². The van der Waals surface area contributed by atoms with E-state index in [0.717, 1.165) is 17.1 Å². The Morgan fingerprint density at radius 1 is 1.36 bits per heavy atom. The Morgan fingerprint density at radius 3 is 2.29 bits per heavy atom. The molecule has 2 N–H and O–H groups in total. The van der Waals surface area contributed by atoms with Gasteiger partial charge in [0.25, 0.3) is 0 Å². The first-order valence-electron chi connectivity index (χ1n) is 4.86. The molecule has 1 aliphatic heterocycles. The van der Waals surface area contributed by atoms with Crippen molar-refractivity contribution in [3.05, 3.63) is 23.7 Å². The average Bonchev–Trinajstić information content (AvgIpc) is 1.97. The Hall–Kier alpha value is -0.960. The molecule has 1 heterocycles. The van der Waals surface area contributed by atoms with E-state index < -0.39 is 6.23 Å². The zero-order valence-corrected chi connectivity index (χ0v) is 9.68. The number of hydrogen-bond donors (Lipinski definition) is 2. The van der Waals surface area contributed by atoms with Gasteiger partial charge in [-0.3, -0.25) is 0 Å². The smallest absolute Gasteiger partial charge is 0.149 e. The van der Waals surface area contributed by atoms with Gasteiger partial charge in [-0.05, 0) is 40.2 Å². The molecule has 0 amide bonds. The lowest BCUT2D eigenvalue weighted by Crippen LogP contribution is -2.50. The van der Waals surface area contributed by atoms with Gasteiger partial charge < -0.3 is 15.3 Å². The number of hydrogen-bond acceptors (Lipinski definition) is 3. The second-order valence-electron chi connectivity index (χ2n) is 4.77. The van der Waals surface area contributed by atoms with Crippen molar-refractivity contribution in [3.63, 3.8) is 0 Å². The van der Waals surface area contributed by atoms with Crippen molar-refractivity contribution in [1.29, 1.82) is 0 Å². The van der Waals surface area contributed by atoms with E-state index in [1.54, 1.807) is 0 Å². The molecule has 0 aromatic carbocycles. The highest BCUT2D eigenvalue weighted by atomic mass is 16.3. The van der Waals surface area contributed by atoms with E-state index in [1.165, 1.54) is 0 Å². The number of aliphatic hydroxyl groups is 1. The molecule has 1 aliphatic rings. The summed E-state index contributed by atoms with van der Waals surface area (Å²) >= 11 is 0. The van der Waals surface area contributed by atoms with Crippen LogP contribution in [0.4, 0.5) is 0 Å². The van der Waals surface area contributed by atoms with Crippen LogP contribution < -0.4 is 5.32 Å². The standard InChI is InChI=1S/C11H20N2O/c1-7-8(2)13(11(4,5)6)9(3)12-10(7)14/h10,12,14H,3H2,1-2,4-6H3. The van der Waals surface area contributed by atoms with Crippen LogP contribution in [0.1, 0.15) is 34.6 Å². The summed E-state index contributed by atoms with van der Waals surface area (Å²) in [5.41, 5.74) is 2.01. The van der Waals surface area contributed by atoms with Crippen LogP contribution in [0.3, 0.4) is 0 Å². The second kappa shape index (κ2) is 3.31. The quantitative estimate of drug-likeness (QED) is 0.620. The lowest BCUT2D eigenvalue weighted by molar-refractivity contribution is 0.121. The fourth-order valence-electron chi connectivity index (χ4n) is 1.82. The van der Waals surface area contributed by atoms with E-state index in [9.17, 15) is 5.11 Å². The van der Waals surface area contributed by atoms with Gasteiger partial charge in [0.1, 0.15) is 12.0 Å². The Balaban J connectivity index is 3.13. The van der Waals surface area contributed by atoms with Crippen LogP contribution in [0.2, 0.25) is 0 Å². The van der Waals surface area contributed by atoms with Crippen molar-refractivity contribution >= 4 is 0 Å². The molecular formula is C11H20N2O. The molecule has 0 bridgehead atoms. The predicted octanol–water partition coefficient (Wildman–Crippen LogP) is 1.77. The minimum absolute atomic E-state index is 0.0183. The monoisotopic (exact) mass is 196 g/mol. The van der Waals surface area contributed by atoms with Crippen LogP contribution in [0.5, 0.6) is 0 Å². The summed E-state index contributed by atoms with van der Waals surface area (Å²) in [5, 5.41) is 12.6. The minimum Gasteiger partial charge on any atom is -0.370 e. The van der Waals surface area contributed by atoms with Gasteiger partial charge in [-0.1, -0.05) is 6.58 Å². The molecule has 0 aromatic heterocycles. The summed E-state index contributed by atoms with van der Waals surface area (Å²) in [6, 6.07) is 0. The largest absolute Gasteiger partial charge is 0.370 e. The minimum atomic E-state index is -0.596. The highest BCUT2D eigenvalue weighted by molar-refractivity contribution is 5.25. The van der Waals surface area contributed by atoms with Gasteiger partial charge >= 0.3 is 0 Å². The maximum Gasteiger partial charge on any atom is 0.149 e. The summed E-state index contributed by atoms with van der Waals surface area (Å²) in [6.45, 7) is 14.2. The Bertz CT molecular complexity index is 286. The zero-order valence-electron chi connectivity index (χ0n) is 9.68. The molecule has 0 aromatic rings. The third kappa shape index (κ3) is 1.77. The molecule has 0 saturated heterocycles. The molecule has 3 heteroatoms. The Morgan fingerprint density at radius 2 is 1.86 bits per heavy atom. The van der Waals surface area contributed by atoms with Gasteiger partial charge in [0.05, 0.1) is 0 Å². The SMILES string of the molecule is C=C1NC(O)C(C)=C(C)N1C(C)(C)C. The maximum atomic E-state index is 9.65. The molecule has 14 heavy (non-hydrogen) atoms. The third-order valence-corrected chi connectivity index (χ3v) is 2.56. The number of allylic oxidation sites excluding steroid dienone is 1. The molecule has 0 radical (unpaired) electrons. The summed E-state index contributed by atoms with van der Waals surface area (Å²) in [5.74, 6) is 0.758. The Labute approximate surface area is 86.1 Å². The van der Waals surface area contributed by atoms with Gasteiger partial charge in [0.15, 0.2) is 0 Å². The van der Waals surface area contributed by atoms with Crippen LogP contribution in [0.15, 0.2) is 23.7 Å². The molecule has 1 unspecified atom stereocenters. The lowest BCUT2D eigenvalue weighted by atomic mass is 10.0. The number of rotatable bonds is 0. The van der Waals surface area contributed by atoms with Crippen LogP contribution in [0, 0.1) is 0 Å². The fourth-order valence-corrected chi connectivity index (χ4v) is 1.82. The molecular weight excluding hydrogens is 176 g/mol. The number of nitrogens with zero attached hydrogens (tertiary/aromatic N) is 1. The van der Waals surface area contributed by atoms with Crippen LogP contribution in [-0.2, 0) is 0 Å². The molecule has 80 valence electrons. The average molecular weight is 196 g/mol. The molecule has 1 atom stereocenters. The fraction of sp³-hybridized carbons (Fsp3) is 0.636. The van der Waals surface area contributed by atoms with Crippen molar-refractivity contribution in [2.75, 3.05) is 0 Å². The van der Waals surface area contributed by atoms with E-state index in [2.05, 4.69) is 37.6 Å². The van der Waals surface area contributed by atoms with Crippen LogP contribution in [0.25, 0.3) is 0 Å². The summed E-state index contributed by atoms with van der Waals surface area (Å²) in [6.07, 6.45) is -0.596. The van der Waals surface area contributed by atoms with Crippen molar-refractivity contribution in [3.8, 4) is 0 Å². The summed E-state index contributed by atoms with van der Waals surface area (Å²) in [7, 11) is 0. The zero-order chi connectivity index (χ0) is 11.1. The molecule has 0 fully saturated rings. The molecule has 0 spiro atoms. The first kappa shape index (κ1) is 11.1. The number of nitrogens with one attached hydrogen (secondary N) is 1. The van der Waals surface area contributed by atoms with E-state index >= 15 is 0 Å². The van der Waals surface area contributed by atoms with Gasteiger partial charge in [-0.25, -0.2) is 0 Å².